The van der Waals surface area contributed by atoms with E-state index in [1.807, 2.05) is 26.1 Å². The number of fused-ring (bicyclic) bond motifs is 1. The van der Waals surface area contributed by atoms with Crippen molar-refractivity contribution in [2.45, 2.75) is 12.8 Å². The second-order valence-electron chi connectivity index (χ2n) is 8.32. The molecule has 1 aliphatic heterocycles. The van der Waals surface area contributed by atoms with Crippen LogP contribution in [-0.4, -0.2) is 39.6 Å². The van der Waals surface area contributed by atoms with Gasteiger partial charge in [0.05, 0.1) is 51.2 Å². The van der Waals surface area contributed by atoms with Crippen LogP contribution in [0.2, 0.25) is 0 Å². The Morgan fingerprint density at radius 1 is 1.29 bits per heavy atom. The molecule has 0 saturated heterocycles. The summed E-state index contributed by atoms with van der Waals surface area (Å²) in [6.45, 7) is 7.46. The third kappa shape index (κ3) is 3.67. The zero-order valence-corrected chi connectivity index (χ0v) is 18.0. The number of methoxy groups -OCH3 is 1. The number of hydrogen-bond donors (Lipinski definition) is 2. The molecule has 0 radical (unpaired) electrons. The average Bonchev–Trinajstić information content (AvgIpc) is 2.77. The lowest BCUT2D eigenvalue weighted by atomic mass is 9.54. The average molecular weight is 417 g/mol. The molecule has 4 atom stereocenters. The molecular weight excluding hydrogens is 390 g/mol. The number of rotatable bonds is 5. The van der Waals surface area contributed by atoms with Gasteiger partial charge in [0, 0.05) is 11.8 Å². The van der Waals surface area contributed by atoms with Crippen LogP contribution in [0.1, 0.15) is 18.4 Å². The van der Waals surface area contributed by atoms with Gasteiger partial charge in [-0.3, -0.25) is 0 Å². The Morgan fingerprint density at radius 3 is 2.58 bits per heavy atom. The van der Waals surface area contributed by atoms with Crippen molar-refractivity contribution in [2.24, 2.45) is 17.3 Å². The first-order chi connectivity index (χ1) is 14.8. The molecule has 1 unspecified atom stereocenters. The number of hydrogen-bond acceptors (Lipinski definition) is 6. The third-order valence-electron chi connectivity index (χ3n) is 6.10. The summed E-state index contributed by atoms with van der Waals surface area (Å²) in [4.78, 5) is 1.22. The molecular formula is C24H26N5O2+. The van der Waals surface area contributed by atoms with Crippen molar-refractivity contribution in [1.29, 1.82) is 21.2 Å². The van der Waals surface area contributed by atoms with Gasteiger partial charge in [-0.1, -0.05) is 12.6 Å². The van der Waals surface area contributed by atoms with Crippen LogP contribution in [0.25, 0.3) is 0 Å². The summed E-state index contributed by atoms with van der Waals surface area (Å²) in [5, 5.41) is 38.7. The number of nitrogens with zero attached hydrogens (tertiary/aromatic N) is 3. The van der Waals surface area contributed by atoms with E-state index in [1.165, 1.54) is 12.0 Å². The maximum Gasteiger partial charge on any atom is 0.189 e. The van der Waals surface area contributed by atoms with Crippen molar-refractivity contribution in [3.8, 4) is 29.7 Å². The molecule has 1 aliphatic carbocycles. The fraction of sp³-hybridized carbons (Fsp3) is 0.417. The van der Waals surface area contributed by atoms with Gasteiger partial charge in [0.1, 0.15) is 12.5 Å². The first-order valence-electron chi connectivity index (χ1n) is 10.1. The Bertz CT molecular complexity index is 1050. The van der Waals surface area contributed by atoms with Crippen LogP contribution in [0.4, 0.5) is 0 Å². The molecule has 0 aromatic heterocycles. The molecule has 158 valence electrons. The van der Waals surface area contributed by atoms with E-state index in [0.717, 1.165) is 23.3 Å². The molecule has 7 heteroatoms. The van der Waals surface area contributed by atoms with Crippen molar-refractivity contribution in [3.63, 3.8) is 0 Å². The van der Waals surface area contributed by atoms with Crippen molar-refractivity contribution in [2.75, 3.05) is 33.9 Å². The monoisotopic (exact) mass is 416 g/mol. The molecule has 0 amide bonds. The molecule has 3 rings (SSSR count). The summed E-state index contributed by atoms with van der Waals surface area (Å²) in [5.41, 5.74) is 0.546. The van der Waals surface area contributed by atoms with Crippen LogP contribution in [-0.2, 0) is 0 Å². The molecule has 2 N–H and O–H groups in total. The minimum Gasteiger partial charge on any atom is -0.493 e. The summed E-state index contributed by atoms with van der Waals surface area (Å²) < 4.78 is 11.3. The predicted molar refractivity (Wildman–Crippen MR) is 115 cm³/mol. The second-order valence-corrected chi connectivity index (χ2v) is 8.32. The van der Waals surface area contributed by atoms with Crippen molar-refractivity contribution >= 4 is 5.71 Å². The summed E-state index contributed by atoms with van der Waals surface area (Å²) >= 11 is 0. The van der Waals surface area contributed by atoms with Crippen molar-refractivity contribution in [3.05, 3.63) is 47.6 Å². The molecule has 1 heterocycles. The van der Waals surface area contributed by atoms with E-state index in [4.69, 9.17) is 14.9 Å². The van der Waals surface area contributed by atoms with Gasteiger partial charge in [-0.25, -0.2) is 0 Å². The first-order valence-corrected chi connectivity index (χ1v) is 10.1. The van der Waals surface area contributed by atoms with E-state index in [-0.39, 0.29) is 11.6 Å². The maximum atomic E-state index is 10.1. The number of nitrogens with one attached hydrogen (secondary N) is 2. The Balaban J connectivity index is 2.18. The Kier molecular flexibility index (Phi) is 6.16. The molecule has 1 aromatic carbocycles. The summed E-state index contributed by atoms with van der Waals surface area (Å²) in [6.07, 6.45) is 2.00. The van der Waals surface area contributed by atoms with Gasteiger partial charge in [-0.15, -0.1) is 0 Å². The molecule has 1 saturated carbocycles. The highest BCUT2D eigenvalue weighted by molar-refractivity contribution is 6.00. The largest absolute Gasteiger partial charge is 0.493 e. The number of nitriles is 3. The predicted octanol–water partition coefficient (Wildman–Crippen LogP) is 2.01. The highest BCUT2D eigenvalue weighted by Crippen LogP contribution is 2.53. The van der Waals surface area contributed by atoms with Crippen molar-refractivity contribution in [1.82, 2.24) is 0 Å². The van der Waals surface area contributed by atoms with Gasteiger partial charge in [-0.05, 0) is 41.8 Å². The third-order valence-corrected chi connectivity index (χ3v) is 6.10. The zero-order valence-electron chi connectivity index (χ0n) is 18.0. The highest BCUT2D eigenvalue weighted by atomic mass is 16.5. The number of quaternary nitrogens is 1. The van der Waals surface area contributed by atoms with Gasteiger partial charge < -0.3 is 19.8 Å². The van der Waals surface area contributed by atoms with Gasteiger partial charge in [0.25, 0.3) is 0 Å². The molecule has 1 aromatic rings. The smallest absolute Gasteiger partial charge is 0.189 e. The van der Waals surface area contributed by atoms with Crippen LogP contribution in [0, 0.1) is 56.7 Å². The lowest BCUT2D eigenvalue weighted by Crippen LogP contribution is -3.10. The number of benzene rings is 1. The fourth-order valence-corrected chi connectivity index (χ4v) is 4.63. The minimum atomic E-state index is -1.73. The van der Waals surface area contributed by atoms with Crippen LogP contribution in [0.5, 0.6) is 11.5 Å². The van der Waals surface area contributed by atoms with E-state index < -0.39 is 17.3 Å². The molecule has 1 fully saturated rings. The summed E-state index contributed by atoms with van der Waals surface area (Å²) in [5.74, 6) is -0.631. The van der Waals surface area contributed by atoms with E-state index in [9.17, 15) is 15.8 Å². The first kappa shape index (κ1) is 22.1. The van der Waals surface area contributed by atoms with E-state index in [2.05, 4.69) is 24.8 Å². The highest BCUT2D eigenvalue weighted by Gasteiger charge is 2.58. The van der Waals surface area contributed by atoms with Crippen LogP contribution < -0.4 is 14.4 Å². The van der Waals surface area contributed by atoms with Crippen molar-refractivity contribution < 1.29 is 14.4 Å². The van der Waals surface area contributed by atoms with E-state index in [1.54, 1.807) is 12.1 Å². The maximum absolute atomic E-state index is 10.1. The quantitative estimate of drug-likeness (QED) is 0.712. The lowest BCUT2D eigenvalue weighted by molar-refractivity contribution is -0.878. The van der Waals surface area contributed by atoms with Gasteiger partial charge in [0.2, 0.25) is 0 Å². The molecule has 7 nitrogen and oxygen atoms in total. The van der Waals surface area contributed by atoms with Crippen LogP contribution in [0.3, 0.4) is 0 Å². The van der Waals surface area contributed by atoms with Crippen LogP contribution in [0.15, 0.2) is 42.0 Å². The second kappa shape index (κ2) is 8.64. The van der Waals surface area contributed by atoms with Gasteiger partial charge in [0.15, 0.2) is 16.9 Å². The summed E-state index contributed by atoms with van der Waals surface area (Å²) in [7, 11) is 3.58. The standard InChI is InChI=1S/C24H25N5O2/c1-15(2)12-31-20-6-5-16(9-21(20)30-4)22-19-11-29(3)8-7-17(19)18(10-25)23(28)24(22,13-26)14-27/h5-7,9,18-19,22,28H,1,8,11-12H2,2-4H3/p+1/t18-,19-,22-/m1/s1. The van der Waals surface area contributed by atoms with Gasteiger partial charge >= 0.3 is 0 Å². The Hall–Kier alpha value is -3.60. The Morgan fingerprint density at radius 2 is 2.00 bits per heavy atom. The van der Waals surface area contributed by atoms with E-state index >= 15 is 0 Å². The Labute approximate surface area is 182 Å². The van der Waals surface area contributed by atoms with Crippen LogP contribution >= 0.6 is 0 Å². The number of ether oxygens (including phenoxy) is 2. The SMILES string of the molecule is C=C(C)COc1ccc([C@@H]2[C@@H]3C[NH+](C)CC=C3[C@@H](C#N)C(=N)C2(C#N)C#N)cc1OC. The molecule has 0 spiro atoms. The normalized spacial score (nSPS) is 26.3. The summed E-state index contributed by atoms with van der Waals surface area (Å²) in [6, 6.07) is 11.8. The number of likely N-dealkylation sites (N-methyl/N-ethyl adjacent to an activating group) is 1. The molecule has 0 bridgehead atoms. The minimum absolute atomic E-state index is 0.145. The van der Waals surface area contributed by atoms with Gasteiger partial charge in [-0.2, -0.15) is 15.8 Å². The molecule has 2 aliphatic rings. The zero-order chi connectivity index (χ0) is 22.8. The fourth-order valence-electron chi connectivity index (χ4n) is 4.63. The molecule has 31 heavy (non-hydrogen) atoms. The van der Waals surface area contributed by atoms with E-state index in [0.29, 0.717) is 24.7 Å². The lowest BCUT2D eigenvalue weighted by Gasteiger charge is -2.46. The topological polar surface area (TPSA) is 118 Å².